The van der Waals surface area contributed by atoms with Crippen molar-refractivity contribution < 1.29 is 49.0 Å². The van der Waals surface area contributed by atoms with E-state index in [9.17, 15) is 9.59 Å². The molecule has 0 saturated heterocycles. The van der Waals surface area contributed by atoms with Gasteiger partial charge in [-0.3, -0.25) is 0 Å². The Hall–Kier alpha value is -1.80. The predicted octanol–water partition coefficient (Wildman–Crippen LogP) is -0.627. The van der Waals surface area contributed by atoms with Gasteiger partial charge in [0, 0.05) is 32.3 Å². The number of rotatable bonds is 4. The van der Waals surface area contributed by atoms with Crippen molar-refractivity contribution >= 4 is 11.9 Å². The molecular weight excluding hydrogens is 371 g/mol. The zero-order valence-electron chi connectivity index (χ0n) is 11.6. The van der Waals surface area contributed by atoms with Crippen LogP contribution in [0, 0.1) is 35.5 Å². The van der Waals surface area contributed by atoms with E-state index < -0.39 is 11.9 Å². The zero-order valence-corrected chi connectivity index (χ0v) is 13.1. The molecule has 0 aliphatic rings. The molecular formula is C14H14O6Pd. The molecule has 0 rings (SSSR count). The maximum Gasteiger partial charge on any atom is 0.384 e. The van der Waals surface area contributed by atoms with Crippen LogP contribution < -0.4 is 0 Å². The summed E-state index contributed by atoms with van der Waals surface area (Å²) in [6.07, 6.45) is 0. The van der Waals surface area contributed by atoms with Crippen molar-refractivity contribution in [1.29, 1.82) is 0 Å². The van der Waals surface area contributed by atoms with Crippen molar-refractivity contribution in [3.63, 3.8) is 0 Å². The first-order chi connectivity index (χ1) is 9.70. The molecule has 0 aliphatic heterocycles. The van der Waals surface area contributed by atoms with Gasteiger partial charge in [-0.05, 0) is 0 Å². The van der Waals surface area contributed by atoms with Crippen molar-refractivity contribution in [2.75, 3.05) is 40.6 Å². The summed E-state index contributed by atoms with van der Waals surface area (Å²) in [5.41, 5.74) is 0. The summed E-state index contributed by atoms with van der Waals surface area (Å²) in [5.74, 6) is 13.5. The van der Waals surface area contributed by atoms with Gasteiger partial charge in [-0.1, -0.05) is 23.7 Å². The molecule has 116 valence electrons. The molecule has 0 aliphatic carbocycles. The van der Waals surface area contributed by atoms with Crippen molar-refractivity contribution in [2.24, 2.45) is 0 Å². The third-order valence-corrected chi connectivity index (χ3v) is 1.57. The molecule has 0 amide bonds. The molecule has 0 unspecified atom stereocenters. The van der Waals surface area contributed by atoms with Crippen LogP contribution in [0.1, 0.15) is 0 Å². The van der Waals surface area contributed by atoms with Crippen LogP contribution in [-0.2, 0) is 49.0 Å². The molecule has 0 fully saturated rings. The minimum atomic E-state index is -0.610. The number of ether oxygens (including phenoxy) is 4. The van der Waals surface area contributed by atoms with Crippen molar-refractivity contribution in [3.8, 4) is 35.5 Å². The van der Waals surface area contributed by atoms with E-state index in [1.165, 1.54) is 14.2 Å². The molecule has 0 heterocycles. The van der Waals surface area contributed by atoms with Crippen molar-refractivity contribution in [1.82, 2.24) is 0 Å². The van der Waals surface area contributed by atoms with Crippen molar-refractivity contribution in [2.45, 2.75) is 0 Å². The molecule has 0 spiro atoms. The number of carbonyl (C=O) groups excluding carboxylic acids is 2. The Kier molecular flexibility index (Phi) is 16.6. The Balaban J connectivity index is 0. The second kappa shape index (κ2) is 16.3. The number of hydrogen-bond donors (Lipinski definition) is 0. The number of carbonyl (C=O) groups is 2. The Morgan fingerprint density at radius 1 is 0.714 bits per heavy atom. The minimum Gasteiger partial charge on any atom is -0.459 e. The van der Waals surface area contributed by atoms with Crippen LogP contribution in [-0.4, -0.2) is 52.6 Å². The Morgan fingerprint density at radius 2 is 1.05 bits per heavy atom. The fourth-order valence-electron chi connectivity index (χ4n) is 0.727. The van der Waals surface area contributed by atoms with Crippen LogP contribution in [0.15, 0.2) is 0 Å². The van der Waals surface area contributed by atoms with Gasteiger partial charge in [0.1, 0.15) is 26.4 Å². The fourth-order valence-corrected chi connectivity index (χ4v) is 0.727. The summed E-state index contributed by atoms with van der Waals surface area (Å²) in [6.45, 7) is 0.532. The van der Waals surface area contributed by atoms with Crippen LogP contribution in [0.2, 0.25) is 0 Å². The second-order valence-electron chi connectivity index (χ2n) is 2.93. The molecule has 0 aromatic heterocycles. The maximum atomic E-state index is 10.6. The molecule has 21 heavy (non-hydrogen) atoms. The molecule has 0 N–H and O–H groups in total. The van der Waals surface area contributed by atoms with Gasteiger partial charge >= 0.3 is 11.9 Å². The largest absolute Gasteiger partial charge is 0.459 e. The van der Waals surface area contributed by atoms with E-state index in [1.807, 2.05) is 0 Å². The van der Waals surface area contributed by atoms with Gasteiger partial charge in [0.05, 0.1) is 14.2 Å². The van der Waals surface area contributed by atoms with Crippen LogP contribution in [0.4, 0.5) is 0 Å². The van der Waals surface area contributed by atoms with Gasteiger partial charge in [-0.25, -0.2) is 9.59 Å². The molecule has 0 bridgehead atoms. The Morgan fingerprint density at radius 3 is 1.38 bits per heavy atom. The molecule has 6 nitrogen and oxygen atoms in total. The first-order valence-electron chi connectivity index (χ1n) is 5.45. The zero-order chi connectivity index (χ0) is 15.1. The third-order valence-electron chi connectivity index (χ3n) is 1.57. The van der Waals surface area contributed by atoms with E-state index in [2.05, 4.69) is 45.0 Å². The summed E-state index contributed by atoms with van der Waals surface area (Å²) < 4.78 is 18.6. The monoisotopic (exact) mass is 384 g/mol. The van der Waals surface area contributed by atoms with E-state index in [1.54, 1.807) is 0 Å². The molecule has 0 aromatic carbocycles. The van der Waals surface area contributed by atoms with Gasteiger partial charge in [-0.2, -0.15) is 0 Å². The molecule has 0 aromatic rings. The molecule has 0 radical (unpaired) electrons. The third kappa shape index (κ3) is 16.1. The van der Waals surface area contributed by atoms with Crippen LogP contribution in [0.25, 0.3) is 0 Å². The predicted molar refractivity (Wildman–Crippen MR) is 69.0 cm³/mol. The fraction of sp³-hybridized carbons (Fsp3) is 0.429. The summed E-state index contributed by atoms with van der Waals surface area (Å²) in [5, 5.41) is 0. The normalized spacial score (nSPS) is 7.52. The van der Waals surface area contributed by atoms with Gasteiger partial charge in [-0.15, -0.1) is 0 Å². The van der Waals surface area contributed by atoms with Gasteiger partial charge in [0.2, 0.25) is 0 Å². The van der Waals surface area contributed by atoms with Crippen LogP contribution in [0.5, 0.6) is 0 Å². The van der Waals surface area contributed by atoms with Crippen LogP contribution >= 0.6 is 0 Å². The van der Waals surface area contributed by atoms with Gasteiger partial charge < -0.3 is 18.9 Å². The SMILES string of the molecule is COC(=O)C#CCOCC#CCOCC#CC(=O)OC.[Pd]. The standard InChI is InChI=1S/C14H14O6.Pd/c1-17-13(15)7-5-11-19-9-3-4-10-20-12-6-8-14(16)18-2;/h9-12H2,1-2H3;. The Labute approximate surface area is 137 Å². The first kappa shape index (κ1) is 21.5. The smallest absolute Gasteiger partial charge is 0.384 e. The maximum absolute atomic E-state index is 10.6. The van der Waals surface area contributed by atoms with E-state index in [0.717, 1.165) is 0 Å². The first-order valence-corrected chi connectivity index (χ1v) is 5.45. The Bertz CT molecular complexity index is 451. The van der Waals surface area contributed by atoms with E-state index >= 15 is 0 Å². The van der Waals surface area contributed by atoms with E-state index in [-0.39, 0.29) is 46.9 Å². The topological polar surface area (TPSA) is 71.1 Å². The number of methoxy groups -OCH3 is 2. The summed E-state index contributed by atoms with van der Waals surface area (Å²) >= 11 is 0. The summed E-state index contributed by atoms with van der Waals surface area (Å²) in [4.78, 5) is 21.2. The summed E-state index contributed by atoms with van der Waals surface area (Å²) in [6, 6.07) is 0. The van der Waals surface area contributed by atoms with Crippen LogP contribution in [0.3, 0.4) is 0 Å². The molecule has 7 heteroatoms. The minimum absolute atomic E-state index is 0. The average molecular weight is 385 g/mol. The number of hydrogen-bond acceptors (Lipinski definition) is 6. The second-order valence-corrected chi connectivity index (χ2v) is 2.93. The molecule has 0 saturated carbocycles. The molecule has 0 atom stereocenters. The number of esters is 2. The average Bonchev–Trinajstić information content (AvgIpc) is 2.47. The van der Waals surface area contributed by atoms with E-state index in [4.69, 9.17) is 9.47 Å². The van der Waals surface area contributed by atoms with Gasteiger partial charge in [0.25, 0.3) is 0 Å². The summed E-state index contributed by atoms with van der Waals surface area (Å²) in [7, 11) is 2.50. The quantitative estimate of drug-likeness (QED) is 0.211. The van der Waals surface area contributed by atoms with Crippen molar-refractivity contribution in [3.05, 3.63) is 0 Å². The van der Waals surface area contributed by atoms with E-state index in [0.29, 0.717) is 0 Å². The van der Waals surface area contributed by atoms with Gasteiger partial charge in [0.15, 0.2) is 0 Å².